The molecule has 2 aromatic carbocycles. The molecule has 1 aliphatic carbocycles. The van der Waals surface area contributed by atoms with Gasteiger partial charge in [0.1, 0.15) is 18.2 Å². The zero-order valence-corrected chi connectivity index (χ0v) is 22.2. The number of carbonyl (C=O) groups is 2. The first-order valence-electron chi connectivity index (χ1n) is 12.4. The first-order valence-corrected chi connectivity index (χ1v) is 13.1. The lowest BCUT2D eigenvalue weighted by molar-refractivity contribution is -0.139. The standard InChI is InChI=1S/C29H30Cl2N2O4/c1-17-12-18(2)14-19(13-17)6-10-25(29(35)36)33-28(34)22-8-7-21-4-3-11-32-26(21)27(22)37-16-20-5-9-23(30)24(31)15-20/h3-5,7-9,11,15,18-19,25H,1,6,10,12-14,16H2,2H3,(H,33,34)(H,35,36)/t18?,19?,25-/m0/s1. The minimum Gasteiger partial charge on any atom is -0.486 e. The summed E-state index contributed by atoms with van der Waals surface area (Å²) >= 11 is 12.2. The van der Waals surface area contributed by atoms with E-state index in [0.717, 1.165) is 30.2 Å². The zero-order chi connectivity index (χ0) is 26.5. The Labute approximate surface area is 226 Å². The number of nitrogens with zero attached hydrogens (tertiary/aromatic N) is 1. The fraction of sp³-hybridized carbons (Fsp3) is 0.345. The van der Waals surface area contributed by atoms with Crippen molar-refractivity contribution in [1.29, 1.82) is 0 Å². The van der Waals surface area contributed by atoms with Crippen molar-refractivity contribution >= 4 is 46.0 Å². The van der Waals surface area contributed by atoms with Gasteiger partial charge < -0.3 is 15.2 Å². The summed E-state index contributed by atoms with van der Waals surface area (Å²) in [6.07, 6.45) is 5.65. The number of halogens is 2. The molecule has 1 fully saturated rings. The molecule has 0 radical (unpaired) electrons. The molecule has 1 amide bonds. The number of hydrogen-bond acceptors (Lipinski definition) is 4. The highest BCUT2D eigenvalue weighted by molar-refractivity contribution is 6.42. The normalized spacial score (nSPS) is 18.4. The predicted molar refractivity (Wildman–Crippen MR) is 146 cm³/mol. The Morgan fingerprint density at radius 3 is 2.73 bits per heavy atom. The maximum Gasteiger partial charge on any atom is 0.326 e. The van der Waals surface area contributed by atoms with Crippen LogP contribution >= 0.6 is 23.2 Å². The molecule has 0 spiro atoms. The number of carbonyl (C=O) groups excluding carboxylic acids is 1. The second-order valence-electron chi connectivity index (χ2n) is 9.86. The molecule has 1 heterocycles. The first-order chi connectivity index (χ1) is 17.7. The van der Waals surface area contributed by atoms with Crippen LogP contribution in [0.15, 0.2) is 60.8 Å². The summed E-state index contributed by atoms with van der Waals surface area (Å²) in [5, 5.41) is 14.2. The molecule has 194 valence electrons. The van der Waals surface area contributed by atoms with E-state index in [-0.39, 0.29) is 17.9 Å². The van der Waals surface area contributed by atoms with E-state index < -0.39 is 17.9 Å². The molecule has 37 heavy (non-hydrogen) atoms. The van der Waals surface area contributed by atoms with Crippen LogP contribution in [0.5, 0.6) is 5.75 Å². The lowest BCUT2D eigenvalue weighted by atomic mass is 9.77. The molecule has 0 saturated heterocycles. The van der Waals surface area contributed by atoms with Gasteiger partial charge in [0, 0.05) is 11.6 Å². The van der Waals surface area contributed by atoms with Gasteiger partial charge in [0.25, 0.3) is 5.91 Å². The van der Waals surface area contributed by atoms with Gasteiger partial charge in [-0.2, -0.15) is 0 Å². The Balaban J connectivity index is 1.53. The number of amides is 1. The third-order valence-corrected chi connectivity index (χ3v) is 7.50. The van der Waals surface area contributed by atoms with Crippen molar-refractivity contribution in [2.24, 2.45) is 11.8 Å². The van der Waals surface area contributed by atoms with E-state index in [4.69, 9.17) is 27.9 Å². The van der Waals surface area contributed by atoms with Crippen LogP contribution in [0.1, 0.15) is 54.9 Å². The summed E-state index contributed by atoms with van der Waals surface area (Å²) in [6.45, 7) is 6.45. The molecule has 2 N–H and O–H groups in total. The minimum absolute atomic E-state index is 0.124. The summed E-state index contributed by atoms with van der Waals surface area (Å²) in [7, 11) is 0. The molecule has 1 saturated carbocycles. The molecular weight excluding hydrogens is 511 g/mol. The molecule has 4 rings (SSSR count). The number of fused-ring (bicyclic) bond motifs is 1. The number of aromatic nitrogens is 1. The smallest absolute Gasteiger partial charge is 0.326 e. The van der Waals surface area contributed by atoms with E-state index in [0.29, 0.717) is 40.2 Å². The lowest BCUT2D eigenvalue weighted by Gasteiger charge is -2.29. The highest BCUT2D eigenvalue weighted by Crippen LogP contribution is 2.35. The monoisotopic (exact) mass is 540 g/mol. The van der Waals surface area contributed by atoms with Crippen LogP contribution in [-0.2, 0) is 11.4 Å². The molecule has 0 aliphatic heterocycles. The number of ether oxygens (including phenoxy) is 1. The fourth-order valence-electron chi connectivity index (χ4n) is 5.06. The summed E-state index contributed by atoms with van der Waals surface area (Å²) in [5.74, 6) is -0.378. The third kappa shape index (κ3) is 6.82. The Morgan fingerprint density at radius 2 is 2.00 bits per heavy atom. The molecule has 3 aromatic rings. The molecule has 1 aliphatic rings. The maximum absolute atomic E-state index is 13.4. The first kappa shape index (κ1) is 27.0. The average molecular weight is 541 g/mol. The molecular formula is C29H30Cl2N2O4. The topological polar surface area (TPSA) is 88.5 Å². The Kier molecular flexibility index (Phi) is 8.72. The third-order valence-electron chi connectivity index (χ3n) is 6.76. The Hall–Kier alpha value is -3.09. The van der Waals surface area contributed by atoms with Gasteiger partial charge in [-0.1, -0.05) is 60.5 Å². The number of carboxylic acids is 1. The van der Waals surface area contributed by atoms with Gasteiger partial charge in [-0.25, -0.2) is 4.79 Å². The zero-order valence-electron chi connectivity index (χ0n) is 20.7. The number of rotatable bonds is 9. The number of carboxylic acid groups (broad SMARTS) is 1. The van der Waals surface area contributed by atoms with Gasteiger partial charge in [0.05, 0.1) is 15.6 Å². The van der Waals surface area contributed by atoms with Crippen LogP contribution in [0, 0.1) is 11.8 Å². The second kappa shape index (κ2) is 12.0. The van der Waals surface area contributed by atoms with E-state index in [1.165, 1.54) is 5.57 Å². The molecule has 1 aromatic heterocycles. The van der Waals surface area contributed by atoms with E-state index in [1.807, 2.05) is 6.07 Å². The molecule has 3 atom stereocenters. The van der Waals surface area contributed by atoms with Crippen molar-refractivity contribution in [3.05, 3.63) is 82.0 Å². The maximum atomic E-state index is 13.4. The SMILES string of the molecule is C=C1CC(C)CC(CC[C@H](NC(=O)c2ccc3cccnc3c2OCc2ccc(Cl)c(Cl)c2)C(=O)O)C1. The summed E-state index contributed by atoms with van der Waals surface area (Å²) in [6, 6.07) is 11.2. The summed E-state index contributed by atoms with van der Waals surface area (Å²) < 4.78 is 6.09. The van der Waals surface area contributed by atoms with Crippen molar-refractivity contribution in [2.75, 3.05) is 0 Å². The van der Waals surface area contributed by atoms with Gasteiger partial charge in [-0.3, -0.25) is 9.78 Å². The number of nitrogens with one attached hydrogen (secondary N) is 1. The van der Waals surface area contributed by atoms with Gasteiger partial charge in [0.15, 0.2) is 5.75 Å². The number of hydrogen-bond donors (Lipinski definition) is 2. The molecule has 8 heteroatoms. The summed E-state index contributed by atoms with van der Waals surface area (Å²) in [5.41, 5.74) is 2.71. The predicted octanol–water partition coefficient (Wildman–Crippen LogP) is 7.08. The van der Waals surface area contributed by atoms with Gasteiger partial charge >= 0.3 is 5.97 Å². The van der Waals surface area contributed by atoms with Crippen LogP contribution in [0.2, 0.25) is 10.0 Å². The number of allylic oxidation sites excluding steroid dienone is 1. The van der Waals surface area contributed by atoms with Gasteiger partial charge in [-0.05, 0) is 73.8 Å². The molecule has 6 nitrogen and oxygen atoms in total. The van der Waals surface area contributed by atoms with Crippen molar-refractivity contribution in [1.82, 2.24) is 10.3 Å². The van der Waals surface area contributed by atoms with Crippen LogP contribution < -0.4 is 10.1 Å². The van der Waals surface area contributed by atoms with Gasteiger partial charge in [0.2, 0.25) is 0 Å². The average Bonchev–Trinajstić information content (AvgIpc) is 2.86. The van der Waals surface area contributed by atoms with E-state index in [9.17, 15) is 14.7 Å². The van der Waals surface area contributed by atoms with Crippen LogP contribution in [0.25, 0.3) is 10.9 Å². The van der Waals surface area contributed by atoms with Crippen LogP contribution in [-0.4, -0.2) is 28.0 Å². The van der Waals surface area contributed by atoms with Crippen molar-refractivity contribution < 1.29 is 19.4 Å². The fourth-order valence-corrected chi connectivity index (χ4v) is 5.38. The van der Waals surface area contributed by atoms with E-state index >= 15 is 0 Å². The number of aliphatic carboxylic acids is 1. The quantitative estimate of drug-likeness (QED) is 0.283. The highest BCUT2D eigenvalue weighted by Gasteiger charge is 2.27. The largest absolute Gasteiger partial charge is 0.486 e. The Bertz CT molecular complexity index is 1330. The second-order valence-corrected chi connectivity index (χ2v) is 10.7. The summed E-state index contributed by atoms with van der Waals surface area (Å²) in [4.78, 5) is 29.8. The highest BCUT2D eigenvalue weighted by atomic mass is 35.5. The van der Waals surface area contributed by atoms with Crippen molar-refractivity contribution in [3.8, 4) is 5.75 Å². The van der Waals surface area contributed by atoms with Gasteiger partial charge in [-0.15, -0.1) is 0 Å². The minimum atomic E-state index is -1.06. The van der Waals surface area contributed by atoms with Crippen LogP contribution in [0.3, 0.4) is 0 Å². The lowest BCUT2D eigenvalue weighted by Crippen LogP contribution is -2.41. The van der Waals surface area contributed by atoms with Crippen LogP contribution in [0.4, 0.5) is 0 Å². The molecule has 0 bridgehead atoms. The number of pyridine rings is 1. The molecule has 2 unspecified atom stereocenters. The van der Waals surface area contributed by atoms with Crippen molar-refractivity contribution in [2.45, 2.75) is 51.7 Å². The van der Waals surface area contributed by atoms with E-state index in [2.05, 4.69) is 23.8 Å². The Morgan fingerprint density at radius 1 is 1.19 bits per heavy atom. The van der Waals surface area contributed by atoms with E-state index in [1.54, 1.807) is 42.6 Å². The number of benzene rings is 2. The van der Waals surface area contributed by atoms with Crippen molar-refractivity contribution in [3.63, 3.8) is 0 Å².